The second-order valence-corrected chi connectivity index (χ2v) is 7.22. The molecule has 0 aliphatic heterocycles. The molecular formula is C28H49NS. The zero-order valence-electron chi connectivity index (χ0n) is 20.9. The molecule has 0 fully saturated rings. The number of nitrogens with one attached hydrogen (secondary N) is 1. The number of thioether (sulfide) groups is 1. The van der Waals surface area contributed by atoms with Gasteiger partial charge in [0.25, 0.3) is 0 Å². The molecule has 0 bridgehead atoms. The van der Waals surface area contributed by atoms with E-state index in [1.807, 2.05) is 60.2 Å². The van der Waals surface area contributed by atoms with E-state index >= 15 is 0 Å². The van der Waals surface area contributed by atoms with Crippen LogP contribution >= 0.6 is 11.8 Å². The van der Waals surface area contributed by atoms with Gasteiger partial charge in [-0.25, -0.2) is 0 Å². The number of allylic oxidation sites excluding steroid dienone is 1. The first kappa shape index (κ1) is 33.0. The fourth-order valence-corrected chi connectivity index (χ4v) is 3.89. The number of rotatable bonds is 6. The van der Waals surface area contributed by atoms with E-state index < -0.39 is 0 Å². The summed E-state index contributed by atoms with van der Waals surface area (Å²) in [4.78, 5) is 0. The van der Waals surface area contributed by atoms with E-state index in [0.29, 0.717) is 0 Å². The highest BCUT2D eigenvalue weighted by Crippen LogP contribution is 2.34. The Morgan fingerprint density at radius 3 is 1.70 bits per heavy atom. The number of hydrogen-bond acceptors (Lipinski definition) is 2. The molecule has 0 aliphatic carbocycles. The van der Waals surface area contributed by atoms with Gasteiger partial charge in [0, 0.05) is 22.9 Å². The van der Waals surface area contributed by atoms with E-state index in [0.717, 1.165) is 17.2 Å². The van der Waals surface area contributed by atoms with Gasteiger partial charge >= 0.3 is 0 Å². The van der Waals surface area contributed by atoms with Gasteiger partial charge < -0.3 is 5.32 Å². The van der Waals surface area contributed by atoms with E-state index in [-0.39, 0.29) is 7.43 Å². The Labute approximate surface area is 193 Å². The van der Waals surface area contributed by atoms with Crippen molar-refractivity contribution in [2.75, 3.05) is 5.32 Å². The van der Waals surface area contributed by atoms with Crippen molar-refractivity contribution in [1.82, 2.24) is 0 Å². The summed E-state index contributed by atoms with van der Waals surface area (Å²) < 4.78 is 0. The molecule has 1 nitrogen and oxygen atoms in total. The summed E-state index contributed by atoms with van der Waals surface area (Å²) in [6, 6.07) is 10.7. The summed E-state index contributed by atoms with van der Waals surface area (Å²) in [7, 11) is 0. The maximum Gasteiger partial charge on any atom is 0.0457 e. The van der Waals surface area contributed by atoms with Crippen LogP contribution in [0.15, 0.2) is 42.6 Å². The van der Waals surface area contributed by atoms with Crippen LogP contribution in [0.25, 0.3) is 0 Å². The quantitative estimate of drug-likeness (QED) is 0.488. The van der Waals surface area contributed by atoms with Gasteiger partial charge in [-0.2, -0.15) is 11.8 Å². The second-order valence-electron chi connectivity index (χ2n) is 6.24. The molecule has 0 saturated carbocycles. The smallest absolute Gasteiger partial charge is 0.0457 e. The van der Waals surface area contributed by atoms with Crippen LogP contribution in [0.5, 0.6) is 0 Å². The lowest BCUT2D eigenvalue weighted by Crippen LogP contribution is -2.06. The Morgan fingerprint density at radius 2 is 1.23 bits per heavy atom. The predicted molar refractivity (Wildman–Crippen MR) is 146 cm³/mol. The molecule has 0 aromatic heterocycles. The van der Waals surface area contributed by atoms with Crippen LogP contribution in [-0.2, 0) is 11.5 Å². The molecule has 0 aliphatic rings. The van der Waals surface area contributed by atoms with Gasteiger partial charge in [0.2, 0.25) is 0 Å². The fraction of sp³-hybridized carbons (Fsp3) is 0.500. The Morgan fingerprint density at radius 1 is 0.767 bits per heavy atom. The maximum absolute atomic E-state index is 4.02. The van der Waals surface area contributed by atoms with Crippen molar-refractivity contribution in [3.8, 4) is 0 Å². The molecule has 2 aromatic carbocycles. The van der Waals surface area contributed by atoms with Gasteiger partial charge in [-0.05, 0) is 68.0 Å². The maximum atomic E-state index is 4.02. The summed E-state index contributed by atoms with van der Waals surface area (Å²) in [5, 5.41) is 3.49. The van der Waals surface area contributed by atoms with Gasteiger partial charge in [0.1, 0.15) is 0 Å². The standard InChI is InChI=1S/C21H27NS.3C2H6.CH4/c1-14(2)22-21-18(6)16(4)15(3)17(5)20(21)13-23-12-19-10-8-7-9-11-19;3*1-2;/h7-11,22H,1,12-13H2,2-6H3;3*1-2H3;1H4. The van der Waals surface area contributed by atoms with Crippen molar-refractivity contribution in [2.45, 2.75) is 95.1 Å². The molecule has 0 spiro atoms. The highest BCUT2D eigenvalue weighted by Gasteiger charge is 2.15. The monoisotopic (exact) mass is 431 g/mol. The lowest BCUT2D eigenvalue weighted by atomic mass is 9.93. The van der Waals surface area contributed by atoms with E-state index in [1.165, 1.54) is 39.1 Å². The van der Waals surface area contributed by atoms with Crippen molar-refractivity contribution in [1.29, 1.82) is 0 Å². The minimum absolute atomic E-state index is 0. The van der Waals surface area contributed by atoms with Crippen LogP contribution in [0.4, 0.5) is 5.69 Å². The van der Waals surface area contributed by atoms with E-state index in [4.69, 9.17) is 0 Å². The zero-order chi connectivity index (χ0) is 23.0. The summed E-state index contributed by atoms with van der Waals surface area (Å²) in [6.07, 6.45) is 0. The third-order valence-electron chi connectivity index (χ3n) is 4.51. The van der Waals surface area contributed by atoms with Gasteiger partial charge in [-0.15, -0.1) is 0 Å². The normalized spacial score (nSPS) is 8.77. The minimum Gasteiger partial charge on any atom is -0.359 e. The molecule has 2 heteroatoms. The van der Waals surface area contributed by atoms with Gasteiger partial charge in [0.05, 0.1) is 0 Å². The molecule has 2 rings (SSSR count). The van der Waals surface area contributed by atoms with E-state index in [1.54, 1.807) is 0 Å². The van der Waals surface area contributed by atoms with Crippen LogP contribution in [0.2, 0.25) is 0 Å². The lowest BCUT2D eigenvalue weighted by molar-refractivity contribution is 1.15. The molecule has 0 amide bonds. The molecule has 0 heterocycles. The third-order valence-corrected chi connectivity index (χ3v) is 5.54. The van der Waals surface area contributed by atoms with Crippen molar-refractivity contribution in [3.05, 3.63) is 76.0 Å². The SMILES string of the molecule is C.C=C(C)Nc1c(C)c(C)c(C)c(C)c1CSCc1ccccc1.CC.CC.CC. The number of hydrogen-bond donors (Lipinski definition) is 1. The first-order valence-electron chi connectivity index (χ1n) is 11.0. The summed E-state index contributed by atoms with van der Waals surface area (Å²) in [6.45, 7) is 26.9. The zero-order valence-corrected chi connectivity index (χ0v) is 21.7. The van der Waals surface area contributed by atoms with Crippen molar-refractivity contribution < 1.29 is 0 Å². The van der Waals surface area contributed by atoms with Crippen LogP contribution in [0.3, 0.4) is 0 Å². The van der Waals surface area contributed by atoms with Crippen molar-refractivity contribution >= 4 is 17.4 Å². The van der Waals surface area contributed by atoms with E-state index in [2.05, 4.69) is 69.9 Å². The molecule has 0 radical (unpaired) electrons. The largest absolute Gasteiger partial charge is 0.359 e. The van der Waals surface area contributed by atoms with Crippen molar-refractivity contribution in [2.24, 2.45) is 0 Å². The van der Waals surface area contributed by atoms with Crippen LogP contribution in [-0.4, -0.2) is 0 Å². The molecule has 172 valence electrons. The lowest BCUT2D eigenvalue weighted by Gasteiger charge is -2.22. The second kappa shape index (κ2) is 19.3. The average Bonchev–Trinajstić information content (AvgIpc) is 2.77. The predicted octanol–water partition coefficient (Wildman–Crippen LogP) is 10.0. The van der Waals surface area contributed by atoms with Crippen molar-refractivity contribution in [3.63, 3.8) is 0 Å². The van der Waals surface area contributed by atoms with E-state index in [9.17, 15) is 0 Å². The molecule has 0 atom stereocenters. The van der Waals surface area contributed by atoms with Gasteiger partial charge in [-0.3, -0.25) is 0 Å². The Hall–Kier alpha value is -1.67. The summed E-state index contributed by atoms with van der Waals surface area (Å²) >= 11 is 1.97. The minimum atomic E-state index is 0. The topological polar surface area (TPSA) is 12.0 Å². The highest BCUT2D eigenvalue weighted by molar-refractivity contribution is 7.97. The van der Waals surface area contributed by atoms with Gasteiger partial charge in [-0.1, -0.05) is 85.9 Å². The molecule has 30 heavy (non-hydrogen) atoms. The molecule has 2 aromatic rings. The highest BCUT2D eigenvalue weighted by atomic mass is 32.2. The molecule has 0 unspecified atom stereocenters. The molecule has 1 N–H and O–H groups in total. The number of benzene rings is 2. The first-order valence-corrected chi connectivity index (χ1v) is 12.2. The van der Waals surface area contributed by atoms with Crippen LogP contribution < -0.4 is 5.32 Å². The Bertz CT molecular complexity index is 703. The van der Waals surface area contributed by atoms with Crippen LogP contribution in [0, 0.1) is 27.7 Å². The summed E-state index contributed by atoms with van der Waals surface area (Å²) in [5.41, 5.74) is 10.6. The third kappa shape index (κ3) is 10.4. The van der Waals surface area contributed by atoms with Crippen LogP contribution in [0.1, 0.15) is 89.3 Å². The fourth-order valence-electron chi connectivity index (χ4n) is 2.80. The molecular weight excluding hydrogens is 382 g/mol. The summed E-state index contributed by atoms with van der Waals surface area (Å²) in [5.74, 6) is 2.05. The van der Waals surface area contributed by atoms with Gasteiger partial charge in [0.15, 0.2) is 0 Å². The Balaban J connectivity index is -0.000000955. The number of anilines is 1. The Kier molecular flexibility index (Phi) is 21.2. The molecule has 0 saturated heterocycles. The first-order chi connectivity index (χ1) is 13.9. The average molecular weight is 432 g/mol.